The first-order chi connectivity index (χ1) is 9.81. The number of nitrogens with zero attached hydrogens (tertiary/aromatic N) is 2. The number of carbonyl (C=O) groups is 1. The summed E-state index contributed by atoms with van der Waals surface area (Å²) >= 11 is 1.69. The zero-order valence-corrected chi connectivity index (χ0v) is 12.9. The van der Waals surface area contributed by atoms with Gasteiger partial charge >= 0.3 is 0 Å². The van der Waals surface area contributed by atoms with Crippen LogP contribution in [0.15, 0.2) is 17.5 Å². The van der Waals surface area contributed by atoms with Gasteiger partial charge in [0, 0.05) is 24.5 Å². The third kappa shape index (κ3) is 3.61. The number of rotatable bonds is 4. The number of hydrogen-bond acceptors (Lipinski definition) is 3. The summed E-state index contributed by atoms with van der Waals surface area (Å²) in [6.45, 7) is 5.66. The van der Waals surface area contributed by atoms with Gasteiger partial charge in [-0.05, 0) is 56.1 Å². The molecule has 2 fully saturated rings. The lowest BCUT2D eigenvalue weighted by molar-refractivity contribution is -0.132. The second-order valence-corrected chi connectivity index (χ2v) is 7.14. The van der Waals surface area contributed by atoms with E-state index in [0.717, 1.165) is 13.1 Å². The molecule has 0 spiro atoms. The predicted molar refractivity (Wildman–Crippen MR) is 83.0 cm³/mol. The van der Waals surface area contributed by atoms with Crippen LogP contribution in [0, 0.1) is 5.92 Å². The molecule has 110 valence electrons. The van der Waals surface area contributed by atoms with Gasteiger partial charge < -0.3 is 9.80 Å². The molecule has 4 heteroatoms. The monoisotopic (exact) mass is 292 g/mol. The molecule has 0 aromatic carbocycles. The molecule has 0 radical (unpaired) electrons. The fourth-order valence-electron chi connectivity index (χ4n) is 3.44. The minimum Gasteiger partial charge on any atom is -0.342 e. The molecule has 2 aliphatic rings. The van der Waals surface area contributed by atoms with Gasteiger partial charge in [0.25, 0.3) is 0 Å². The second kappa shape index (κ2) is 6.72. The van der Waals surface area contributed by atoms with Crippen LogP contribution < -0.4 is 0 Å². The maximum atomic E-state index is 12.4. The number of carbonyl (C=O) groups excluding carboxylic acids is 1. The van der Waals surface area contributed by atoms with E-state index in [1.165, 1.54) is 50.2 Å². The smallest absolute Gasteiger partial charge is 0.227 e. The molecule has 3 heterocycles. The summed E-state index contributed by atoms with van der Waals surface area (Å²) in [5, 5.41) is 2.05. The van der Waals surface area contributed by atoms with Gasteiger partial charge in [0.2, 0.25) is 5.91 Å². The Kier molecular flexibility index (Phi) is 4.73. The SMILES string of the molecule is O=C(Cc1cccs1)N1CCCC(CN2CCCC2)C1. The summed E-state index contributed by atoms with van der Waals surface area (Å²) in [7, 11) is 0. The fraction of sp³-hybridized carbons (Fsp3) is 0.688. The van der Waals surface area contributed by atoms with Crippen LogP contribution in [0.1, 0.15) is 30.6 Å². The molecule has 1 unspecified atom stereocenters. The van der Waals surface area contributed by atoms with Gasteiger partial charge in [0.15, 0.2) is 0 Å². The van der Waals surface area contributed by atoms with E-state index in [1.54, 1.807) is 11.3 Å². The van der Waals surface area contributed by atoms with Crippen molar-refractivity contribution in [3.8, 4) is 0 Å². The van der Waals surface area contributed by atoms with Gasteiger partial charge in [-0.25, -0.2) is 0 Å². The second-order valence-electron chi connectivity index (χ2n) is 6.11. The Labute approximate surface area is 125 Å². The lowest BCUT2D eigenvalue weighted by Crippen LogP contribution is -2.43. The number of thiophene rings is 1. The van der Waals surface area contributed by atoms with Crippen molar-refractivity contribution in [2.45, 2.75) is 32.1 Å². The van der Waals surface area contributed by atoms with E-state index in [-0.39, 0.29) is 0 Å². The van der Waals surface area contributed by atoms with Gasteiger partial charge in [0.05, 0.1) is 6.42 Å². The Morgan fingerprint density at radius 2 is 2.10 bits per heavy atom. The van der Waals surface area contributed by atoms with E-state index in [1.807, 2.05) is 6.07 Å². The Balaban J connectivity index is 1.50. The van der Waals surface area contributed by atoms with Crippen molar-refractivity contribution in [1.82, 2.24) is 9.80 Å². The Hall–Kier alpha value is -0.870. The Bertz CT molecular complexity index is 426. The van der Waals surface area contributed by atoms with Crippen LogP contribution in [-0.4, -0.2) is 48.4 Å². The molecule has 0 saturated carbocycles. The summed E-state index contributed by atoms with van der Waals surface area (Å²) in [6, 6.07) is 4.09. The van der Waals surface area contributed by atoms with Crippen LogP contribution >= 0.6 is 11.3 Å². The Morgan fingerprint density at radius 1 is 1.25 bits per heavy atom. The highest BCUT2D eigenvalue weighted by Gasteiger charge is 2.26. The molecule has 1 aromatic rings. The van der Waals surface area contributed by atoms with Gasteiger partial charge in [0.1, 0.15) is 0 Å². The lowest BCUT2D eigenvalue weighted by Gasteiger charge is -2.34. The molecule has 2 aliphatic heterocycles. The minimum absolute atomic E-state index is 0.318. The summed E-state index contributed by atoms with van der Waals surface area (Å²) in [5.74, 6) is 1.01. The van der Waals surface area contributed by atoms with E-state index < -0.39 is 0 Å². The standard InChI is InChI=1S/C16H24N2OS/c19-16(11-15-6-4-10-20-15)18-9-3-5-14(13-18)12-17-7-1-2-8-17/h4,6,10,14H,1-3,5,7-9,11-13H2. The summed E-state index contributed by atoms with van der Waals surface area (Å²) in [6.07, 6.45) is 5.77. The van der Waals surface area contributed by atoms with Crippen LogP contribution in [-0.2, 0) is 11.2 Å². The van der Waals surface area contributed by atoms with Crippen molar-refractivity contribution in [2.24, 2.45) is 5.92 Å². The molecule has 3 rings (SSSR count). The van der Waals surface area contributed by atoms with E-state index in [2.05, 4.69) is 21.2 Å². The van der Waals surface area contributed by atoms with Gasteiger partial charge in [-0.15, -0.1) is 11.3 Å². The van der Waals surface area contributed by atoms with Crippen LogP contribution in [0.2, 0.25) is 0 Å². The topological polar surface area (TPSA) is 23.6 Å². The van der Waals surface area contributed by atoms with E-state index in [9.17, 15) is 4.79 Å². The van der Waals surface area contributed by atoms with E-state index >= 15 is 0 Å². The molecule has 3 nitrogen and oxygen atoms in total. The number of hydrogen-bond donors (Lipinski definition) is 0. The van der Waals surface area contributed by atoms with Crippen LogP contribution in [0.5, 0.6) is 0 Å². The highest BCUT2D eigenvalue weighted by molar-refractivity contribution is 7.10. The fourth-order valence-corrected chi connectivity index (χ4v) is 4.14. The van der Waals surface area contributed by atoms with Crippen LogP contribution in [0.4, 0.5) is 0 Å². The predicted octanol–water partition coefficient (Wildman–Crippen LogP) is 2.63. The van der Waals surface area contributed by atoms with Gasteiger partial charge in [-0.2, -0.15) is 0 Å². The highest BCUT2D eigenvalue weighted by Crippen LogP contribution is 2.21. The zero-order valence-electron chi connectivity index (χ0n) is 12.1. The van der Waals surface area contributed by atoms with Crippen molar-refractivity contribution in [2.75, 3.05) is 32.7 Å². The number of amides is 1. The normalized spacial score (nSPS) is 24.2. The summed E-state index contributed by atoms with van der Waals surface area (Å²) in [4.78, 5) is 18.2. The molecule has 1 atom stereocenters. The van der Waals surface area contributed by atoms with E-state index in [0.29, 0.717) is 18.2 Å². The van der Waals surface area contributed by atoms with Crippen molar-refractivity contribution < 1.29 is 4.79 Å². The van der Waals surface area contributed by atoms with Crippen molar-refractivity contribution in [3.63, 3.8) is 0 Å². The molecule has 20 heavy (non-hydrogen) atoms. The first-order valence-electron chi connectivity index (χ1n) is 7.84. The maximum Gasteiger partial charge on any atom is 0.227 e. The van der Waals surface area contributed by atoms with Gasteiger partial charge in [-0.1, -0.05) is 6.07 Å². The van der Waals surface area contributed by atoms with Gasteiger partial charge in [-0.3, -0.25) is 4.79 Å². The average Bonchev–Trinajstić information content (AvgIpc) is 3.12. The summed E-state index contributed by atoms with van der Waals surface area (Å²) in [5.41, 5.74) is 0. The third-order valence-electron chi connectivity index (χ3n) is 4.49. The maximum absolute atomic E-state index is 12.4. The van der Waals surface area contributed by atoms with Crippen molar-refractivity contribution in [1.29, 1.82) is 0 Å². The minimum atomic E-state index is 0.318. The molecular formula is C16H24N2OS. The molecule has 0 N–H and O–H groups in total. The molecular weight excluding hydrogens is 268 g/mol. The van der Waals surface area contributed by atoms with E-state index in [4.69, 9.17) is 0 Å². The van der Waals surface area contributed by atoms with Crippen LogP contribution in [0.3, 0.4) is 0 Å². The quantitative estimate of drug-likeness (QED) is 0.852. The summed E-state index contributed by atoms with van der Waals surface area (Å²) < 4.78 is 0. The number of piperidine rings is 1. The molecule has 0 bridgehead atoms. The highest BCUT2D eigenvalue weighted by atomic mass is 32.1. The van der Waals surface area contributed by atoms with Crippen molar-refractivity contribution >= 4 is 17.2 Å². The first kappa shape index (κ1) is 14.1. The third-order valence-corrected chi connectivity index (χ3v) is 5.37. The molecule has 2 saturated heterocycles. The zero-order chi connectivity index (χ0) is 13.8. The first-order valence-corrected chi connectivity index (χ1v) is 8.72. The Morgan fingerprint density at radius 3 is 2.85 bits per heavy atom. The largest absolute Gasteiger partial charge is 0.342 e. The molecule has 1 aromatic heterocycles. The molecule has 0 aliphatic carbocycles. The lowest BCUT2D eigenvalue weighted by atomic mass is 9.97. The van der Waals surface area contributed by atoms with Crippen molar-refractivity contribution in [3.05, 3.63) is 22.4 Å². The average molecular weight is 292 g/mol. The van der Waals surface area contributed by atoms with Crippen LogP contribution in [0.25, 0.3) is 0 Å². The number of likely N-dealkylation sites (tertiary alicyclic amines) is 2. The molecule has 1 amide bonds.